The average Bonchev–Trinajstić information content (AvgIpc) is 3.27. The number of aryl methyl sites for hydroxylation is 1. The number of ether oxygens (including phenoxy) is 1. The lowest BCUT2D eigenvalue weighted by Gasteiger charge is -2.23. The molecule has 0 N–H and O–H groups in total. The number of hydrogen-bond acceptors (Lipinski definition) is 5. The van der Waals surface area contributed by atoms with Crippen LogP contribution in [0.25, 0.3) is 11.3 Å². The number of imidazole rings is 1. The lowest BCUT2D eigenvalue weighted by atomic mass is 9.89. The first-order chi connectivity index (χ1) is 18.7. The highest BCUT2D eigenvalue weighted by atomic mass is 19.1. The largest absolute Gasteiger partial charge is 0.460 e. The average molecular weight is 551 g/mol. The first-order valence-corrected chi connectivity index (χ1v) is 14.1. The summed E-state index contributed by atoms with van der Waals surface area (Å²) in [6, 6.07) is 5.29. The zero-order chi connectivity index (χ0) is 29.8. The van der Waals surface area contributed by atoms with Crippen LogP contribution in [-0.2, 0) is 9.53 Å². The number of aromatic nitrogens is 3. The Bertz CT molecular complexity index is 1490. The van der Waals surface area contributed by atoms with Crippen molar-refractivity contribution in [3.8, 4) is 0 Å². The van der Waals surface area contributed by atoms with Gasteiger partial charge in [0.1, 0.15) is 11.1 Å². The molecule has 8 heteroatoms. The van der Waals surface area contributed by atoms with E-state index in [1.807, 2.05) is 73.0 Å². The molecule has 3 aromatic heterocycles. The quantitative estimate of drug-likeness (QED) is 0.263. The molecule has 216 valence electrons. The predicted molar refractivity (Wildman–Crippen MR) is 156 cm³/mol. The molecule has 0 aliphatic carbocycles. The molecule has 2 unspecified atom stereocenters. The molecule has 0 saturated heterocycles. The molecule has 0 saturated carbocycles. The fourth-order valence-electron chi connectivity index (χ4n) is 4.67. The lowest BCUT2D eigenvalue weighted by Crippen LogP contribution is -2.28. The molecular formula is C32H43FN4O3. The highest BCUT2D eigenvalue weighted by molar-refractivity contribution is 5.76. The Morgan fingerprint density at radius 3 is 2.40 bits per heavy atom. The van der Waals surface area contributed by atoms with Gasteiger partial charge in [0.2, 0.25) is 5.91 Å². The third-order valence-electron chi connectivity index (χ3n) is 7.07. The van der Waals surface area contributed by atoms with Crippen molar-refractivity contribution < 1.29 is 18.7 Å². The van der Waals surface area contributed by atoms with E-state index in [-0.39, 0.29) is 29.4 Å². The van der Waals surface area contributed by atoms with Crippen LogP contribution in [0, 0.1) is 18.7 Å². The topological polar surface area (TPSA) is 78.0 Å². The van der Waals surface area contributed by atoms with Crippen molar-refractivity contribution in [1.29, 1.82) is 0 Å². The Morgan fingerprint density at radius 2 is 1.80 bits per heavy atom. The number of carbonyl (C=O) groups excluding carboxylic acids is 2. The number of carbonyl (C=O) groups is 2. The minimum atomic E-state index is -0.513. The molecule has 0 aliphatic rings. The van der Waals surface area contributed by atoms with Gasteiger partial charge in [-0.15, -0.1) is 0 Å². The molecule has 0 amide bonds. The summed E-state index contributed by atoms with van der Waals surface area (Å²) in [5, 5.41) is 0. The molecule has 0 spiro atoms. The minimum Gasteiger partial charge on any atom is -0.460 e. The van der Waals surface area contributed by atoms with E-state index in [9.17, 15) is 14.0 Å². The minimum absolute atomic E-state index is 0.165. The highest BCUT2D eigenvalue weighted by Gasteiger charge is 2.23. The molecule has 40 heavy (non-hydrogen) atoms. The van der Waals surface area contributed by atoms with E-state index in [4.69, 9.17) is 9.73 Å². The number of allylic oxidation sites excluding steroid dienone is 1. The summed E-state index contributed by atoms with van der Waals surface area (Å²) in [7, 11) is 0. The summed E-state index contributed by atoms with van der Waals surface area (Å²) in [5.74, 6) is -0.843. The molecule has 0 radical (unpaired) electrons. The van der Waals surface area contributed by atoms with Crippen LogP contribution >= 0.6 is 0 Å². The third kappa shape index (κ3) is 7.55. The lowest BCUT2D eigenvalue weighted by molar-refractivity contribution is -0.159. The first-order valence-electron chi connectivity index (χ1n) is 14.1. The van der Waals surface area contributed by atoms with Gasteiger partial charge in [-0.3, -0.25) is 14.2 Å². The van der Waals surface area contributed by atoms with Gasteiger partial charge in [-0.25, -0.2) is 14.4 Å². The SMILES string of the molecule is CC/C(C)=C(/N=c1ccc(C(CC)CCC(C)C(=O)OC(C)(C)C)cn1C(C)=O)c1cc(F)c2nc(C)cn2c1. The highest BCUT2D eigenvalue weighted by Crippen LogP contribution is 2.28. The molecule has 7 nitrogen and oxygen atoms in total. The summed E-state index contributed by atoms with van der Waals surface area (Å²) in [6.07, 6.45) is 8.49. The van der Waals surface area contributed by atoms with Crippen LogP contribution in [0.15, 0.2) is 47.4 Å². The number of halogens is 1. The second kappa shape index (κ2) is 12.7. The van der Waals surface area contributed by atoms with Gasteiger partial charge in [-0.05, 0) is 89.5 Å². The first kappa shape index (κ1) is 31.0. The van der Waals surface area contributed by atoms with Crippen molar-refractivity contribution in [1.82, 2.24) is 14.0 Å². The maximum Gasteiger partial charge on any atom is 0.309 e. The number of fused-ring (bicyclic) bond motifs is 1. The van der Waals surface area contributed by atoms with Crippen LogP contribution in [0.2, 0.25) is 0 Å². The predicted octanol–water partition coefficient (Wildman–Crippen LogP) is 7.24. The van der Waals surface area contributed by atoms with Gasteiger partial charge in [0.15, 0.2) is 11.5 Å². The fourth-order valence-corrected chi connectivity index (χ4v) is 4.67. The van der Waals surface area contributed by atoms with E-state index in [1.54, 1.807) is 15.2 Å². The summed E-state index contributed by atoms with van der Waals surface area (Å²) < 4.78 is 23.7. The Hall–Kier alpha value is -3.55. The molecule has 3 aromatic rings. The maximum atomic E-state index is 14.9. The zero-order valence-corrected chi connectivity index (χ0v) is 25.3. The second-order valence-electron chi connectivity index (χ2n) is 11.6. The second-order valence-corrected chi connectivity index (χ2v) is 11.6. The molecule has 3 heterocycles. The van der Waals surface area contributed by atoms with Crippen molar-refractivity contribution in [3.05, 3.63) is 70.5 Å². The Kier molecular flexibility index (Phi) is 9.87. The number of esters is 1. The smallest absolute Gasteiger partial charge is 0.309 e. The van der Waals surface area contributed by atoms with E-state index >= 15 is 0 Å². The van der Waals surface area contributed by atoms with E-state index < -0.39 is 11.4 Å². The van der Waals surface area contributed by atoms with Crippen molar-refractivity contribution in [2.45, 2.75) is 99.5 Å². The van der Waals surface area contributed by atoms with Gasteiger partial charge in [0.25, 0.3) is 0 Å². The maximum absolute atomic E-state index is 14.9. The van der Waals surface area contributed by atoms with Crippen molar-refractivity contribution >= 4 is 23.2 Å². The van der Waals surface area contributed by atoms with Gasteiger partial charge >= 0.3 is 5.97 Å². The Balaban J connectivity index is 1.99. The molecule has 0 aromatic carbocycles. The number of nitrogens with zero attached hydrogens (tertiary/aromatic N) is 4. The van der Waals surface area contributed by atoms with Crippen LogP contribution in [-0.4, -0.2) is 31.4 Å². The van der Waals surface area contributed by atoms with Gasteiger partial charge in [-0.2, -0.15) is 0 Å². The number of hydrogen-bond donors (Lipinski definition) is 0. The van der Waals surface area contributed by atoms with Crippen LogP contribution in [0.1, 0.15) is 109 Å². The van der Waals surface area contributed by atoms with Crippen LogP contribution in [0.5, 0.6) is 0 Å². The van der Waals surface area contributed by atoms with Crippen molar-refractivity contribution in [2.24, 2.45) is 10.9 Å². The standard InChI is InChI=1S/C32H43FN4O3/c1-10-20(3)29(26-16-27(33)30-34-22(5)17-36(30)18-26)35-28-15-14-25(19-37(28)23(6)38)24(11-2)13-12-21(4)31(39)40-32(7,8)9/h14-19,21,24H,10-13H2,1-9H3/b29-20+,35-28?. The van der Waals surface area contributed by atoms with Crippen LogP contribution < -0.4 is 5.49 Å². The van der Waals surface area contributed by atoms with Crippen LogP contribution in [0.4, 0.5) is 4.39 Å². The van der Waals surface area contributed by atoms with Gasteiger partial charge < -0.3 is 9.14 Å². The Labute approximate surface area is 236 Å². The third-order valence-corrected chi connectivity index (χ3v) is 7.07. The van der Waals surface area contributed by atoms with Crippen molar-refractivity contribution in [3.63, 3.8) is 0 Å². The van der Waals surface area contributed by atoms with E-state index in [0.29, 0.717) is 29.6 Å². The molecule has 0 fully saturated rings. The van der Waals surface area contributed by atoms with Gasteiger partial charge in [0, 0.05) is 31.1 Å². The normalized spacial score (nSPS) is 14.7. The Morgan fingerprint density at radius 1 is 1.10 bits per heavy atom. The monoisotopic (exact) mass is 550 g/mol. The molecule has 2 atom stereocenters. The van der Waals surface area contributed by atoms with E-state index in [0.717, 1.165) is 29.7 Å². The zero-order valence-electron chi connectivity index (χ0n) is 25.3. The number of rotatable bonds is 9. The summed E-state index contributed by atoms with van der Waals surface area (Å²) >= 11 is 0. The molecular weight excluding hydrogens is 507 g/mol. The molecule has 0 bridgehead atoms. The number of pyridine rings is 2. The van der Waals surface area contributed by atoms with Gasteiger partial charge in [0.05, 0.1) is 17.3 Å². The summed E-state index contributed by atoms with van der Waals surface area (Å²) in [4.78, 5) is 34.4. The summed E-state index contributed by atoms with van der Waals surface area (Å²) in [5.41, 5.74) is 4.16. The molecule has 0 aliphatic heterocycles. The van der Waals surface area contributed by atoms with Crippen molar-refractivity contribution in [2.75, 3.05) is 0 Å². The van der Waals surface area contributed by atoms with Gasteiger partial charge in [-0.1, -0.05) is 26.8 Å². The van der Waals surface area contributed by atoms with E-state index in [2.05, 4.69) is 11.9 Å². The summed E-state index contributed by atoms with van der Waals surface area (Å²) in [6.45, 7) is 16.9. The fraction of sp³-hybridized carbons (Fsp3) is 0.500. The van der Waals surface area contributed by atoms with Crippen LogP contribution in [0.3, 0.4) is 0 Å². The molecule has 3 rings (SSSR count). The van der Waals surface area contributed by atoms with E-state index in [1.165, 1.54) is 13.0 Å².